The SMILES string of the molecule is CCC=CC(C=CCCCC)CC=CCCCC. The molecule has 0 heterocycles. The maximum Gasteiger partial charge on any atom is -0.00190 e. The molecule has 0 aromatic carbocycles. The Bertz CT molecular complexity index is 232. The molecule has 0 rings (SSSR count). The van der Waals surface area contributed by atoms with E-state index in [1.165, 1.54) is 38.5 Å². The van der Waals surface area contributed by atoms with Crippen LogP contribution in [0.15, 0.2) is 36.5 Å². The van der Waals surface area contributed by atoms with Gasteiger partial charge in [0.1, 0.15) is 0 Å². The van der Waals surface area contributed by atoms with Gasteiger partial charge >= 0.3 is 0 Å². The smallest absolute Gasteiger partial charge is 0.00190 e. The second-order valence-electron chi connectivity index (χ2n) is 4.92. The summed E-state index contributed by atoms with van der Waals surface area (Å²) in [6, 6.07) is 0. The van der Waals surface area contributed by atoms with Gasteiger partial charge in [-0.25, -0.2) is 0 Å². The average Bonchev–Trinajstić information content (AvgIpc) is 2.39. The normalized spacial score (nSPS) is 14.2. The van der Waals surface area contributed by atoms with Crippen LogP contribution >= 0.6 is 0 Å². The van der Waals surface area contributed by atoms with Crippen molar-refractivity contribution >= 4 is 0 Å². The van der Waals surface area contributed by atoms with Gasteiger partial charge in [-0.3, -0.25) is 0 Å². The average molecular weight is 248 g/mol. The fraction of sp³-hybridized carbons (Fsp3) is 0.667. The van der Waals surface area contributed by atoms with Gasteiger partial charge in [0.2, 0.25) is 0 Å². The van der Waals surface area contributed by atoms with Crippen LogP contribution in [-0.4, -0.2) is 0 Å². The standard InChI is InChI=1S/C18H32/c1-4-7-10-12-14-17-18(15-9-6-3)16-13-11-8-5-2/h9,12-16,18H,4-8,10-11,17H2,1-3H3. The summed E-state index contributed by atoms with van der Waals surface area (Å²) < 4.78 is 0. The molecule has 0 aliphatic heterocycles. The molecule has 1 unspecified atom stereocenters. The van der Waals surface area contributed by atoms with Gasteiger partial charge in [-0.1, -0.05) is 82.9 Å². The highest BCUT2D eigenvalue weighted by Crippen LogP contribution is 2.11. The molecule has 104 valence electrons. The lowest BCUT2D eigenvalue weighted by Gasteiger charge is -2.04. The van der Waals surface area contributed by atoms with Crippen LogP contribution in [0.4, 0.5) is 0 Å². The molecule has 0 aliphatic carbocycles. The zero-order chi connectivity index (χ0) is 13.5. The van der Waals surface area contributed by atoms with E-state index in [0.717, 1.165) is 12.8 Å². The lowest BCUT2D eigenvalue weighted by molar-refractivity contribution is 0.780. The highest BCUT2D eigenvalue weighted by Gasteiger charge is 1.96. The van der Waals surface area contributed by atoms with E-state index in [9.17, 15) is 0 Å². The van der Waals surface area contributed by atoms with Gasteiger partial charge in [-0.05, 0) is 31.6 Å². The second-order valence-corrected chi connectivity index (χ2v) is 4.92. The van der Waals surface area contributed by atoms with Gasteiger partial charge in [0.05, 0.1) is 0 Å². The first kappa shape index (κ1) is 17.2. The second kappa shape index (κ2) is 14.3. The van der Waals surface area contributed by atoms with E-state index in [-0.39, 0.29) is 0 Å². The van der Waals surface area contributed by atoms with E-state index in [2.05, 4.69) is 57.2 Å². The van der Waals surface area contributed by atoms with Crippen LogP contribution in [-0.2, 0) is 0 Å². The van der Waals surface area contributed by atoms with E-state index >= 15 is 0 Å². The van der Waals surface area contributed by atoms with Gasteiger partial charge in [0, 0.05) is 0 Å². The molecule has 0 radical (unpaired) electrons. The van der Waals surface area contributed by atoms with Crippen molar-refractivity contribution in [2.24, 2.45) is 5.92 Å². The Hall–Kier alpha value is -0.780. The van der Waals surface area contributed by atoms with Crippen LogP contribution in [0.5, 0.6) is 0 Å². The summed E-state index contributed by atoms with van der Waals surface area (Å²) in [5.74, 6) is 0.597. The van der Waals surface area contributed by atoms with E-state index in [1.54, 1.807) is 0 Å². The van der Waals surface area contributed by atoms with Gasteiger partial charge in [0.15, 0.2) is 0 Å². The summed E-state index contributed by atoms with van der Waals surface area (Å²) in [4.78, 5) is 0. The molecule has 0 N–H and O–H groups in total. The minimum absolute atomic E-state index is 0.597. The van der Waals surface area contributed by atoms with Crippen LogP contribution in [0.25, 0.3) is 0 Å². The Balaban J connectivity index is 4.01. The van der Waals surface area contributed by atoms with Crippen molar-refractivity contribution in [3.8, 4) is 0 Å². The molecule has 0 aromatic heterocycles. The summed E-state index contributed by atoms with van der Waals surface area (Å²) in [5.41, 5.74) is 0. The molecule has 1 atom stereocenters. The monoisotopic (exact) mass is 248 g/mol. The highest BCUT2D eigenvalue weighted by molar-refractivity contribution is 5.03. The molecule has 0 saturated heterocycles. The van der Waals surface area contributed by atoms with Crippen LogP contribution in [0.1, 0.15) is 72.1 Å². The number of hydrogen-bond donors (Lipinski definition) is 0. The summed E-state index contributed by atoms with van der Waals surface area (Å²) in [5, 5.41) is 0. The molecule has 0 amide bonds. The zero-order valence-corrected chi connectivity index (χ0v) is 12.7. The van der Waals surface area contributed by atoms with Gasteiger partial charge < -0.3 is 0 Å². The Morgan fingerprint density at radius 3 is 1.94 bits per heavy atom. The molecule has 0 spiro atoms. The number of allylic oxidation sites excluding steroid dienone is 6. The third-order valence-corrected chi connectivity index (χ3v) is 3.03. The number of hydrogen-bond acceptors (Lipinski definition) is 0. The Morgan fingerprint density at radius 2 is 1.33 bits per heavy atom. The van der Waals surface area contributed by atoms with E-state index in [4.69, 9.17) is 0 Å². The summed E-state index contributed by atoms with van der Waals surface area (Å²) in [6.07, 6.45) is 24.0. The van der Waals surface area contributed by atoms with E-state index < -0.39 is 0 Å². The number of rotatable bonds is 11. The summed E-state index contributed by atoms with van der Waals surface area (Å²) in [6.45, 7) is 6.70. The molecule has 0 aliphatic rings. The first-order valence-electron chi connectivity index (χ1n) is 7.83. The lowest BCUT2D eigenvalue weighted by Crippen LogP contribution is -1.89. The lowest BCUT2D eigenvalue weighted by atomic mass is 10.0. The minimum Gasteiger partial charge on any atom is -0.0885 e. The largest absolute Gasteiger partial charge is 0.0885 e. The Morgan fingerprint density at radius 1 is 0.722 bits per heavy atom. The van der Waals surface area contributed by atoms with Gasteiger partial charge in [-0.15, -0.1) is 0 Å². The third-order valence-electron chi connectivity index (χ3n) is 3.03. The van der Waals surface area contributed by atoms with Crippen LogP contribution in [0.3, 0.4) is 0 Å². The molecular formula is C18H32. The predicted octanol–water partition coefficient (Wildman–Crippen LogP) is 6.45. The van der Waals surface area contributed by atoms with Crippen LogP contribution < -0.4 is 0 Å². The zero-order valence-electron chi connectivity index (χ0n) is 12.7. The van der Waals surface area contributed by atoms with Crippen molar-refractivity contribution in [1.29, 1.82) is 0 Å². The van der Waals surface area contributed by atoms with Crippen molar-refractivity contribution < 1.29 is 0 Å². The Kier molecular flexibility index (Phi) is 13.7. The van der Waals surface area contributed by atoms with Gasteiger partial charge in [-0.2, -0.15) is 0 Å². The Labute approximate surface area is 115 Å². The summed E-state index contributed by atoms with van der Waals surface area (Å²) >= 11 is 0. The molecule has 0 aromatic rings. The fourth-order valence-corrected chi connectivity index (χ4v) is 1.82. The van der Waals surface area contributed by atoms with Gasteiger partial charge in [0.25, 0.3) is 0 Å². The van der Waals surface area contributed by atoms with Crippen molar-refractivity contribution in [3.05, 3.63) is 36.5 Å². The first-order valence-corrected chi connectivity index (χ1v) is 7.83. The van der Waals surface area contributed by atoms with Crippen molar-refractivity contribution in [1.82, 2.24) is 0 Å². The molecule has 0 saturated carbocycles. The molecular weight excluding hydrogens is 216 g/mol. The maximum atomic E-state index is 2.38. The highest BCUT2D eigenvalue weighted by atomic mass is 14.0. The first-order chi connectivity index (χ1) is 8.85. The maximum absolute atomic E-state index is 2.38. The molecule has 0 bridgehead atoms. The van der Waals surface area contributed by atoms with Crippen LogP contribution in [0, 0.1) is 5.92 Å². The molecule has 18 heavy (non-hydrogen) atoms. The van der Waals surface area contributed by atoms with Crippen molar-refractivity contribution in [2.75, 3.05) is 0 Å². The molecule has 0 fully saturated rings. The third kappa shape index (κ3) is 11.7. The predicted molar refractivity (Wildman–Crippen MR) is 84.9 cm³/mol. The topological polar surface area (TPSA) is 0 Å². The molecule has 0 heteroatoms. The van der Waals surface area contributed by atoms with Crippen molar-refractivity contribution in [2.45, 2.75) is 72.1 Å². The van der Waals surface area contributed by atoms with Crippen LogP contribution in [0.2, 0.25) is 0 Å². The van der Waals surface area contributed by atoms with E-state index in [1.807, 2.05) is 0 Å². The summed E-state index contributed by atoms with van der Waals surface area (Å²) in [7, 11) is 0. The number of unbranched alkanes of at least 4 members (excludes halogenated alkanes) is 4. The van der Waals surface area contributed by atoms with Crippen molar-refractivity contribution in [3.63, 3.8) is 0 Å². The fourth-order valence-electron chi connectivity index (χ4n) is 1.82. The molecule has 0 nitrogen and oxygen atoms in total. The van der Waals surface area contributed by atoms with E-state index in [0.29, 0.717) is 5.92 Å². The minimum atomic E-state index is 0.597. The quantitative estimate of drug-likeness (QED) is 0.291.